The minimum atomic E-state index is -0.481. The molecule has 1 aliphatic heterocycles. The number of hydrogen-bond donors (Lipinski definition) is 3. The first kappa shape index (κ1) is 30.7. The topological polar surface area (TPSA) is 123 Å². The molecular weight excluding hydrogens is 566 g/mol. The minimum Gasteiger partial charge on any atom is -0.388 e. The van der Waals surface area contributed by atoms with Crippen molar-refractivity contribution in [1.29, 1.82) is 0 Å². The van der Waals surface area contributed by atoms with Crippen LogP contribution in [-0.2, 0) is 18.3 Å². The number of thiophene rings is 1. The SMILES string of the molecule is CN(C)C(=O)[C@H](c1ccc(Nc2nc(N3CCCC(NC(=O)c4cc5c(s4)CCC[C@H]5O)C3)cn(C)c2=O)cc1)N(C)C. The molecular formula is C31H41N7O4S. The van der Waals surface area contributed by atoms with Crippen LogP contribution < -0.4 is 21.1 Å². The Morgan fingerprint density at radius 2 is 1.86 bits per heavy atom. The van der Waals surface area contributed by atoms with Crippen molar-refractivity contribution in [3.63, 3.8) is 0 Å². The van der Waals surface area contributed by atoms with Crippen LogP contribution in [0.15, 0.2) is 41.3 Å². The Balaban J connectivity index is 1.28. The molecule has 1 unspecified atom stereocenters. The zero-order valence-corrected chi connectivity index (χ0v) is 26.3. The third kappa shape index (κ3) is 6.76. The summed E-state index contributed by atoms with van der Waals surface area (Å²) < 4.78 is 1.51. The van der Waals surface area contributed by atoms with E-state index in [4.69, 9.17) is 0 Å². The van der Waals surface area contributed by atoms with Crippen molar-refractivity contribution in [3.8, 4) is 0 Å². The summed E-state index contributed by atoms with van der Waals surface area (Å²) in [5.41, 5.74) is 2.18. The smallest absolute Gasteiger partial charge is 0.293 e. The van der Waals surface area contributed by atoms with Crippen LogP contribution in [0.5, 0.6) is 0 Å². The summed E-state index contributed by atoms with van der Waals surface area (Å²) in [6.07, 6.45) is 5.56. The molecule has 1 aromatic carbocycles. The molecule has 1 aliphatic carbocycles. The van der Waals surface area contributed by atoms with Crippen molar-refractivity contribution >= 4 is 40.5 Å². The number of likely N-dealkylation sites (N-methyl/N-ethyl adjacent to an activating group) is 2. The van der Waals surface area contributed by atoms with E-state index in [-0.39, 0.29) is 29.2 Å². The fourth-order valence-corrected chi connectivity index (χ4v) is 6.98. The highest BCUT2D eigenvalue weighted by Gasteiger charge is 2.28. The molecule has 11 nitrogen and oxygen atoms in total. The summed E-state index contributed by atoms with van der Waals surface area (Å²) in [7, 11) is 8.92. The fraction of sp³-hybridized carbons (Fsp3) is 0.484. The Bertz CT molecular complexity index is 1530. The molecule has 0 radical (unpaired) electrons. The number of aliphatic hydroxyl groups excluding tert-OH is 1. The maximum atomic E-state index is 13.1. The zero-order chi connectivity index (χ0) is 30.8. The lowest BCUT2D eigenvalue weighted by Gasteiger charge is -2.34. The molecule has 1 fully saturated rings. The van der Waals surface area contributed by atoms with Crippen LogP contribution in [0.25, 0.3) is 0 Å². The molecule has 2 amide bonds. The first-order chi connectivity index (χ1) is 20.5. The Kier molecular flexibility index (Phi) is 9.19. The second-order valence-corrected chi connectivity index (χ2v) is 13.0. The number of piperidine rings is 1. The largest absolute Gasteiger partial charge is 0.388 e. The highest BCUT2D eigenvalue weighted by molar-refractivity contribution is 7.14. The predicted molar refractivity (Wildman–Crippen MR) is 169 cm³/mol. The molecule has 5 rings (SSSR count). The Labute approximate surface area is 256 Å². The van der Waals surface area contributed by atoms with Crippen molar-refractivity contribution in [3.05, 3.63) is 67.8 Å². The lowest BCUT2D eigenvalue weighted by atomic mass is 9.96. The minimum absolute atomic E-state index is 0.0155. The van der Waals surface area contributed by atoms with Gasteiger partial charge in [-0.05, 0) is 75.5 Å². The van der Waals surface area contributed by atoms with Crippen LogP contribution in [0.4, 0.5) is 17.3 Å². The number of aromatic nitrogens is 2. The predicted octanol–water partition coefficient (Wildman–Crippen LogP) is 3.04. The Morgan fingerprint density at radius 1 is 1.12 bits per heavy atom. The Morgan fingerprint density at radius 3 is 2.53 bits per heavy atom. The van der Waals surface area contributed by atoms with Crippen LogP contribution >= 0.6 is 11.3 Å². The van der Waals surface area contributed by atoms with Gasteiger partial charge in [0.1, 0.15) is 11.9 Å². The number of rotatable bonds is 8. The molecule has 3 atom stereocenters. The molecule has 1 saturated heterocycles. The van der Waals surface area contributed by atoms with Crippen LogP contribution in [0.2, 0.25) is 0 Å². The van der Waals surface area contributed by atoms with Crippen LogP contribution in [0, 0.1) is 0 Å². The van der Waals surface area contributed by atoms with Crippen molar-refractivity contribution < 1.29 is 14.7 Å². The number of nitrogens with one attached hydrogen (secondary N) is 2. The van der Waals surface area contributed by atoms with Gasteiger partial charge in [-0.15, -0.1) is 11.3 Å². The monoisotopic (exact) mass is 607 g/mol. The van der Waals surface area contributed by atoms with E-state index in [1.54, 1.807) is 32.2 Å². The number of carbonyl (C=O) groups is 2. The van der Waals surface area contributed by atoms with Gasteiger partial charge in [-0.2, -0.15) is 0 Å². The van der Waals surface area contributed by atoms with Gasteiger partial charge in [0.05, 0.1) is 11.0 Å². The lowest BCUT2D eigenvalue weighted by molar-refractivity contribution is -0.133. The van der Waals surface area contributed by atoms with E-state index in [0.29, 0.717) is 22.9 Å². The van der Waals surface area contributed by atoms with E-state index in [9.17, 15) is 19.5 Å². The van der Waals surface area contributed by atoms with Gasteiger partial charge in [0.25, 0.3) is 11.5 Å². The van der Waals surface area contributed by atoms with E-state index in [0.717, 1.165) is 54.7 Å². The maximum absolute atomic E-state index is 13.1. The third-order valence-electron chi connectivity index (χ3n) is 8.13. The number of hydrogen-bond acceptors (Lipinski definition) is 9. The molecule has 0 spiro atoms. The lowest BCUT2D eigenvalue weighted by Crippen LogP contribution is -2.48. The average molecular weight is 608 g/mol. The second-order valence-electron chi connectivity index (χ2n) is 11.9. The molecule has 12 heteroatoms. The summed E-state index contributed by atoms with van der Waals surface area (Å²) in [5, 5.41) is 16.6. The van der Waals surface area contributed by atoms with Crippen molar-refractivity contribution in [2.24, 2.45) is 7.05 Å². The van der Waals surface area contributed by atoms with Crippen LogP contribution in [-0.4, -0.2) is 83.6 Å². The van der Waals surface area contributed by atoms with Gasteiger partial charge in [-0.1, -0.05) is 12.1 Å². The first-order valence-electron chi connectivity index (χ1n) is 14.7. The van der Waals surface area contributed by atoms with Crippen molar-refractivity contribution in [1.82, 2.24) is 24.7 Å². The number of aryl methyl sites for hydroxylation is 2. The highest BCUT2D eigenvalue weighted by atomic mass is 32.1. The quantitative estimate of drug-likeness (QED) is 0.357. The number of nitrogens with zero attached hydrogens (tertiary/aromatic N) is 5. The number of amides is 2. The molecule has 230 valence electrons. The van der Waals surface area contributed by atoms with E-state index in [1.807, 2.05) is 49.3 Å². The normalized spacial score (nSPS) is 19.1. The number of anilines is 3. The standard InChI is InChI=1S/C31H41N7O4S/c1-35(2)27(30(41)36(3)4)19-11-13-20(14-12-19)32-28-31(42)37(5)18-26(34-28)38-15-7-8-21(17-38)33-29(40)25-16-22-23(39)9-6-10-24(22)43-25/h11-14,16,18,21,23,27,39H,6-10,15,17H2,1-5H3,(H,32,34)(H,33,40)/t21?,23-,27+/m1/s1. The van der Waals surface area contributed by atoms with Crippen LogP contribution in [0.3, 0.4) is 0 Å². The fourth-order valence-electron chi connectivity index (χ4n) is 5.82. The van der Waals surface area contributed by atoms with Crippen molar-refractivity contribution in [2.75, 3.05) is 51.5 Å². The zero-order valence-electron chi connectivity index (χ0n) is 25.5. The van der Waals surface area contributed by atoms with E-state index < -0.39 is 12.1 Å². The number of aliphatic hydroxyl groups is 1. The average Bonchev–Trinajstić information content (AvgIpc) is 3.42. The number of benzene rings is 1. The van der Waals surface area contributed by atoms with Gasteiger partial charge in [0.15, 0.2) is 5.82 Å². The summed E-state index contributed by atoms with van der Waals surface area (Å²) in [4.78, 5) is 50.8. The maximum Gasteiger partial charge on any atom is 0.293 e. The number of carbonyl (C=O) groups excluding carboxylic acids is 2. The van der Waals surface area contributed by atoms with E-state index >= 15 is 0 Å². The molecule has 0 saturated carbocycles. The van der Waals surface area contributed by atoms with Gasteiger partial charge in [0, 0.05) is 57.0 Å². The molecule has 3 N–H and O–H groups in total. The number of fused-ring (bicyclic) bond motifs is 1. The summed E-state index contributed by atoms with van der Waals surface area (Å²) in [6, 6.07) is 8.81. The summed E-state index contributed by atoms with van der Waals surface area (Å²) in [6.45, 7) is 1.33. The summed E-state index contributed by atoms with van der Waals surface area (Å²) >= 11 is 1.48. The molecule has 2 aliphatic rings. The highest BCUT2D eigenvalue weighted by Crippen LogP contribution is 2.35. The van der Waals surface area contributed by atoms with Gasteiger partial charge in [-0.25, -0.2) is 4.98 Å². The van der Waals surface area contributed by atoms with Gasteiger partial charge in [0.2, 0.25) is 5.91 Å². The first-order valence-corrected chi connectivity index (χ1v) is 15.5. The molecule has 0 bridgehead atoms. The Hall–Kier alpha value is -3.74. The molecule has 43 heavy (non-hydrogen) atoms. The van der Waals surface area contributed by atoms with Crippen molar-refractivity contribution in [2.45, 2.75) is 50.3 Å². The van der Waals surface area contributed by atoms with E-state index in [1.165, 1.54) is 15.9 Å². The second kappa shape index (κ2) is 12.9. The third-order valence-corrected chi connectivity index (χ3v) is 9.33. The van der Waals surface area contributed by atoms with Gasteiger partial charge in [-0.3, -0.25) is 19.3 Å². The summed E-state index contributed by atoms with van der Waals surface area (Å²) in [5.74, 6) is 0.731. The van der Waals surface area contributed by atoms with Crippen LogP contribution in [0.1, 0.15) is 63.5 Å². The van der Waals surface area contributed by atoms with E-state index in [2.05, 4.69) is 20.5 Å². The van der Waals surface area contributed by atoms with Gasteiger partial charge >= 0.3 is 0 Å². The molecule has 2 aromatic heterocycles. The molecule has 3 heterocycles. The van der Waals surface area contributed by atoms with Gasteiger partial charge < -0.3 is 30.1 Å². The molecule has 3 aromatic rings.